The fraction of sp³-hybridized carbons (Fsp3) is 0.346. The Morgan fingerprint density at radius 2 is 1.76 bits per heavy atom. The molecule has 1 aliphatic heterocycles. The Hall–Kier alpha value is -3.81. The van der Waals surface area contributed by atoms with E-state index < -0.39 is 24.0 Å². The lowest BCUT2D eigenvalue weighted by Crippen LogP contribution is -2.46. The van der Waals surface area contributed by atoms with Crippen molar-refractivity contribution in [1.82, 2.24) is 10.6 Å². The van der Waals surface area contributed by atoms with Crippen LogP contribution in [-0.2, 0) is 9.53 Å². The van der Waals surface area contributed by atoms with Crippen molar-refractivity contribution in [3.63, 3.8) is 0 Å². The Kier molecular flexibility index (Phi) is 8.29. The van der Waals surface area contributed by atoms with E-state index in [0.29, 0.717) is 34.6 Å². The number of amides is 2. The summed E-state index contributed by atoms with van der Waals surface area (Å²) in [6.45, 7) is 5.58. The van der Waals surface area contributed by atoms with Crippen LogP contribution in [0.15, 0.2) is 59.8 Å². The molecule has 3 rings (SSSR count). The fourth-order valence-corrected chi connectivity index (χ4v) is 3.62. The first-order valence-electron chi connectivity index (χ1n) is 11.3. The molecule has 34 heavy (non-hydrogen) atoms. The molecule has 2 amide bonds. The number of nitrogens with one attached hydrogen (secondary N) is 2. The van der Waals surface area contributed by atoms with Gasteiger partial charge < -0.3 is 24.8 Å². The van der Waals surface area contributed by atoms with Crippen LogP contribution in [0.3, 0.4) is 0 Å². The SMILES string of the molecule is CCCCC1=C(C(=O)OC(C)C)C(c2ccc(OC(=O)c3ccccc3)c(OC)c2)NC(=O)N1. The van der Waals surface area contributed by atoms with Gasteiger partial charge >= 0.3 is 18.0 Å². The van der Waals surface area contributed by atoms with Crippen LogP contribution >= 0.6 is 0 Å². The van der Waals surface area contributed by atoms with Crippen LogP contribution < -0.4 is 20.1 Å². The van der Waals surface area contributed by atoms with Gasteiger partial charge in [-0.15, -0.1) is 0 Å². The van der Waals surface area contributed by atoms with E-state index in [4.69, 9.17) is 14.2 Å². The summed E-state index contributed by atoms with van der Waals surface area (Å²) in [5.41, 5.74) is 1.88. The quantitative estimate of drug-likeness (QED) is 0.411. The lowest BCUT2D eigenvalue weighted by Gasteiger charge is -2.30. The number of ether oxygens (including phenoxy) is 3. The Bertz CT molecular complexity index is 1080. The van der Waals surface area contributed by atoms with Crippen LogP contribution in [0, 0.1) is 0 Å². The fourth-order valence-electron chi connectivity index (χ4n) is 3.62. The molecular formula is C26H30N2O6. The largest absolute Gasteiger partial charge is 0.493 e. The average Bonchev–Trinajstić information content (AvgIpc) is 2.82. The average molecular weight is 467 g/mol. The number of hydrogen-bond acceptors (Lipinski definition) is 6. The highest BCUT2D eigenvalue weighted by molar-refractivity contribution is 5.95. The number of carbonyl (C=O) groups is 3. The molecule has 0 aromatic heterocycles. The molecule has 1 unspecified atom stereocenters. The monoisotopic (exact) mass is 466 g/mol. The molecular weight excluding hydrogens is 436 g/mol. The summed E-state index contributed by atoms with van der Waals surface area (Å²) in [4.78, 5) is 37.9. The number of allylic oxidation sites excluding steroid dienone is 1. The molecule has 0 bridgehead atoms. The van der Waals surface area contributed by atoms with Crippen LogP contribution in [0.2, 0.25) is 0 Å². The first kappa shape index (κ1) is 24.8. The molecule has 0 radical (unpaired) electrons. The third-order valence-electron chi connectivity index (χ3n) is 5.23. The van der Waals surface area contributed by atoms with E-state index >= 15 is 0 Å². The molecule has 0 fully saturated rings. The Labute approximate surface area is 199 Å². The van der Waals surface area contributed by atoms with Crippen LogP contribution in [0.25, 0.3) is 0 Å². The van der Waals surface area contributed by atoms with Gasteiger partial charge in [0.2, 0.25) is 0 Å². The molecule has 180 valence electrons. The molecule has 0 aliphatic carbocycles. The van der Waals surface area contributed by atoms with Crippen LogP contribution in [0.1, 0.15) is 62.0 Å². The zero-order valence-electron chi connectivity index (χ0n) is 19.8. The van der Waals surface area contributed by atoms with Crippen molar-refractivity contribution in [1.29, 1.82) is 0 Å². The minimum Gasteiger partial charge on any atom is -0.493 e. The van der Waals surface area contributed by atoms with E-state index in [2.05, 4.69) is 10.6 Å². The second kappa shape index (κ2) is 11.4. The Morgan fingerprint density at radius 1 is 1.03 bits per heavy atom. The molecule has 8 nitrogen and oxygen atoms in total. The van der Waals surface area contributed by atoms with Crippen LogP contribution in [0.5, 0.6) is 11.5 Å². The third kappa shape index (κ3) is 5.95. The number of benzene rings is 2. The number of methoxy groups -OCH3 is 1. The highest BCUT2D eigenvalue weighted by Gasteiger charge is 2.34. The maximum atomic E-state index is 13.0. The van der Waals surface area contributed by atoms with Gasteiger partial charge in [-0.25, -0.2) is 14.4 Å². The predicted molar refractivity (Wildman–Crippen MR) is 127 cm³/mol. The molecule has 0 spiro atoms. The highest BCUT2D eigenvalue weighted by Crippen LogP contribution is 2.36. The van der Waals surface area contributed by atoms with Crippen molar-refractivity contribution in [2.75, 3.05) is 7.11 Å². The van der Waals surface area contributed by atoms with Gasteiger partial charge in [-0.3, -0.25) is 0 Å². The second-order valence-corrected chi connectivity index (χ2v) is 8.15. The number of rotatable bonds is 9. The smallest absolute Gasteiger partial charge is 0.343 e. The van der Waals surface area contributed by atoms with E-state index in [9.17, 15) is 14.4 Å². The molecule has 0 saturated heterocycles. The molecule has 2 aromatic rings. The zero-order chi connectivity index (χ0) is 24.7. The molecule has 1 aliphatic rings. The predicted octanol–water partition coefficient (Wildman–Crippen LogP) is 4.66. The van der Waals surface area contributed by atoms with E-state index in [1.807, 2.05) is 13.0 Å². The van der Waals surface area contributed by atoms with Gasteiger partial charge in [0.1, 0.15) is 0 Å². The summed E-state index contributed by atoms with van der Waals surface area (Å²) < 4.78 is 16.5. The normalized spacial score (nSPS) is 15.4. The Balaban J connectivity index is 1.97. The van der Waals surface area contributed by atoms with Crippen molar-refractivity contribution in [3.8, 4) is 11.5 Å². The summed E-state index contributed by atoms with van der Waals surface area (Å²) in [6.07, 6.45) is 1.92. The molecule has 1 atom stereocenters. The van der Waals surface area contributed by atoms with Crippen molar-refractivity contribution < 1.29 is 28.6 Å². The standard InChI is InChI=1S/C26H30N2O6/c1-5-6-12-19-22(25(30)33-16(2)3)23(28-26(31)27-19)18-13-14-20(21(15-18)32-4)34-24(29)17-10-8-7-9-11-17/h7-11,13-16,23H,5-6,12H2,1-4H3,(H2,27,28,31). The third-order valence-corrected chi connectivity index (χ3v) is 5.23. The highest BCUT2D eigenvalue weighted by atomic mass is 16.6. The van der Waals surface area contributed by atoms with Crippen LogP contribution in [0.4, 0.5) is 4.79 Å². The van der Waals surface area contributed by atoms with Crippen LogP contribution in [-0.4, -0.2) is 31.2 Å². The number of esters is 2. The van der Waals surface area contributed by atoms with Gasteiger partial charge in [0.05, 0.1) is 30.4 Å². The summed E-state index contributed by atoms with van der Waals surface area (Å²) >= 11 is 0. The van der Waals surface area contributed by atoms with Crippen molar-refractivity contribution in [2.24, 2.45) is 0 Å². The second-order valence-electron chi connectivity index (χ2n) is 8.15. The lowest BCUT2D eigenvalue weighted by molar-refractivity contribution is -0.143. The van der Waals surface area contributed by atoms with Gasteiger partial charge in [0, 0.05) is 5.70 Å². The molecule has 0 saturated carbocycles. The van der Waals surface area contributed by atoms with E-state index in [1.54, 1.807) is 56.3 Å². The molecule has 1 heterocycles. The number of carbonyl (C=O) groups excluding carboxylic acids is 3. The summed E-state index contributed by atoms with van der Waals surface area (Å²) in [5, 5.41) is 5.58. The maximum Gasteiger partial charge on any atom is 0.343 e. The van der Waals surface area contributed by atoms with Gasteiger partial charge in [0.25, 0.3) is 0 Å². The first-order chi connectivity index (χ1) is 16.3. The number of unbranched alkanes of at least 4 members (excludes halogenated alkanes) is 1. The number of hydrogen-bond donors (Lipinski definition) is 2. The van der Waals surface area contributed by atoms with Gasteiger partial charge in [0.15, 0.2) is 11.5 Å². The zero-order valence-corrected chi connectivity index (χ0v) is 19.8. The first-order valence-corrected chi connectivity index (χ1v) is 11.3. The van der Waals surface area contributed by atoms with Gasteiger partial charge in [-0.1, -0.05) is 37.6 Å². The summed E-state index contributed by atoms with van der Waals surface area (Å²) in [7, 11) is 1.45. The lowest BCUT2D eigenvalue weighted by atomic mass is 9.93. The minimum atomic E-state index is -0.750. The maximum absolute atomic E-state index is 13.0. The van der Waals surface area contributed by atoms with E-state index in [0.717, 1.165) is 12.8 Å². The minimum absolute atomic E-state index is 0.224. The van der Waals surface area contributed by atoms with Crippen molar-refractivity contribution in [3.05, 3.63) is 70.9 Å². The van der Waals surface area contributed by atoms with E-state index in [1.165, 1.54) is 7.11 Å². The molecule has 8 heteroatoms. The van der Waals surface area contributed by atoms with Gasteiger partial charge in [-0.05, 0) is 56.5 Å². The number of urea groups is 1. The Morgan fingerprint density at radius 3 is 2.41 bits per heavy atom. The molecule has 2 aromatic carbocycles. The van der Waals surface area contributed by atoms with Crippen molar-refractivity contribution in [2.45, 2.75) is 52.2 Å². The molecule has 2 N–H and O–H groups in total. The summed E-state index contributed by atoms with van der Waals surface area (Å²) in [5.74, 6) is -0.509. The van der Waals surface area contributed by atoms with Gasteiger partial charge in [-0.2, -0.15) is 0 Å². The van der Waals surface area contributed by atoms with Crippen molar-refractivity contribution >= 4 is 18.0 Å². The summed E-state index contributed by atoms with van der Waals surface area (Å²) in [6, 6.07) is 12.4. The topological polar surface area (TPSA) is 103 Å². The van der Waals surface area contributed by atoms with E-state index in [-0.39, 0.29) is 11.9 Å².